The lowest BCUT2D eigenvalue weighted by molar-refractivity contribution is -0.153. The van der Waals surface area contributed by atoms with Crippen molar-refractivity contribution in [1.82, 2.24) is 14.9 Å². The molecular formula is C20H29N3O7S. The number of piperidine rings is 1. The molecule has 1 aliphatic heterocycles. The molecule has 0 spiro atoms. The Morgan fingerprint density at radius 2 is 1.68 bits per heavy atom. The molecular weight excluding hydrogens is 426 g/mol. The van der Waals surface area contributed by atoms with Gasteiger partial charge >= 0.3 is 12.0 Å². The number of rotatable bonds is 6. The highest BCUT2D eigenvalue weighted by atomic mass is 32.2. The molecule has 2 rings (SSSR count). The van der Waals surface area contributed by atoms with Crippen LogP contribution in [-0.2, 0) is 24.3 Å². The van der Waals surface area contributed by atoms with Gasteiger partial charge in [0.15, 0.2) is 6.61 Å². The van der Waals surface area contributed by atoms with Crippen LogP contribution in [0.3, 0.4) is 0 Å². The summed E-state index contributed by atoms with van der Waals surface area (Å²) in [4.78, 5) is 35.8. The summed E-state index contributed by atoms with van der Waals surface area (Å²) < 4.78 is 36.9. The van der Waals surface area contributed by atoms with E-state index < -0.39 is 46.0 Å². The first kappa shape index (κ1) is 24.6. The van der Waals surface area contributed by atoms with Gasteiger partial charge in [0.25, 0.3) is 5.91 Å². The van der Waals surface area contributed by atoms with E-state index in [4.69, 9.17) is 9.47 Å². The van der Waals surface area contributed by atoms with E-state index in [0.717, 1.165) is 0 Å². The molecule has 0 atom stereocenters. The van der Waals surface area contributed by atoms with E-state index in [1.165, 1.54) is 23.5 Å². The topological polar surface area (TPSA) is 131 Å². The second-order valence-corrected chi connectivity index (χ2v) is 10.2. The summed E-state index contributed by atoms with van der Waals surface area (Å²) in [6.07, 6.45) is 0.556. The molecule has 0 bridgehead atoms. The van der Waals surface area contributed by atoms with Crippen molar-refractivity contribution in [3.63, 3.8) is 0 Å². The van der Waals surface area contributed by atoms with Crippen LogP contribution >= 0.6 is 0 Å². The van der Waals surface area contributed by atoms with E-state index in [1.54, 1.807) is 32.9 Å². The van der Waals surface area contributed by atoms with Gasteiger partial charge in [-0.05, 0) is 57.9 Å². The Morgan fingerprint density at radius 1 is 1.10 bits per heavy atom. The molecule has 0 aromatic heterocycles. The molecule has 172 valence electrons. The maximum atomic E-state index is 12.8. The fourth-order valence-electron chi connectivity index (χ4n) is 3.02. The van der Waals surface area contributed by atoms with E-state index >= 15 is 0 Å². The summed E-state index contributed by atoms with van der Waals surface area (Å²) >= 11 is 0. The maximum absolute atomic E-state index is 12.8. The molecule has 0 radical (unpaired) electrons. The number of hydrogen-bond acceptors (Lipinski definition) is 7. The van der Waals surface area contributed by atoms with Crippen molar-refractivity contribution in [1.29, 1.82) is 0 Å². The third kappa shape index (κ3) is 7.21. The molecule has 11 heteroatoms. The standard InChI is InChI=1S/C20H29N3O7S/c1-20(2,3)22-19(26)21-17(24)13-30-18(25)14-9-11-23(12-10-14)31(27,28)16-7-5-15(29-4)6-8-16/h5-8,14H,9-13H2,1-4H3,(H2,21,22,24,26). The summed E-state index contributed by atoms with van der Waals surface area (Å²) in [6.45, 7) is 5.03. The van der Waals surface area contributed by atoms with Gasteiger partial charge in [0.2, 0.25) is 10.0 Å². The monoisotopic (exact) mass is 455 g/mol. The minimum atomic E-state index is -3.67. The Bertz CT molecular complexity index is 900. The Kier molecular flexibility index (Phi) is 8.02. The first-order valence-corrected chi connectivity index (χ1v) is 11.3. The van der Waals surface area contributed by atoms with Crippen LogP contribution in [0.2, 0.25) is 0 Å². The number of hydrogen-bond donors (Lipinski definition) is 2. The minimum absolute atomic E-state index is 0.152. The fraction of sp³-hybridized carbons (Fsp3) is 0.550. The predicted octanol–water partition coefficient (Wildman–Crippen LogP) is 1.26. The zero-order valence-corrected chi connectivity index (χ0v) is 19.0. The highest BCUT2D eigenvalue weighted by molar-refractivity contribution is 7.89. The summed E-state index contributed by atoms with van der Waals surface area (Å²) in [7, 11) is -2.18. The van der Waals surface area contributed by atoms with Crippen molar-refractivity contribution in [2.45, 2.75) is 44.0 Å². The van der Waals surface area contributed by atoms with Crippen LogP contribution in [0.5, 0.6) is 5.75 Å². The summed E-state index contributed by atoms with van der Waals surface area (Å²) in [5.74, 6) is -1.29. The molecule has 10 nitrogen and oxygen atoms in total. The molecule has 0 saturated carbocycles. The summed E-state index contributed by atoms with van der Waals surface area (Å²) in [5.41, 5.74) is -0.513. The van der Waals surface area contributed by atoms with Gasteiger partial charge in [-0.25, -0.2) is 13.2 Å². The number of carbonyl (C=O) groups excluding carboxylic acids is 3. The number of amides is 3. The second-order valence-electron chi connectivity index (χ2n) is 8.21. The van der Waals surface area contributed by atoms with Crippen LogP contribution in [0.1, 0.15) is 33.6 Å². The molecule has 0 aliphatic carbocycles. The van der Waals surface area contributed by atoms with Gasteiger partial charge < -0.3 is 14.8 Å². The average molecular weight is 456 g/mol. The Labute approximate surface area is 182 Å². The second kappa shape index (κ2) is 10.1. The van der Waals surface area contributed by atoms with Gasteiger partial charge in [0, 0.05) is 18.6 Å². The molecule has 1 heterocycles. The zero-order chi connectivity index (χ0) is 23.2. The smallest absolute Gasteiger partial charge is 0.321 e. The predicted molar refractivity (Wildman–Crippen MR) is 112 cm³/mol. The lowest BCUT2D eigenvalue weighted by atomic mass is 9.98. The number of imide groups is 1. The first-order chi connectivity index (χ1) is 14.4. The van der Waals surface area contributed by atoms with Crippen molar-refractivity contribution in [2.24, 2.45) is 5.92 Å². The molecule has 2 N–H and O–H groups in total. The number of methoxy groups -OCH3 is 1. The molecule has 3 amide bonds. The average Bonchev–Trinajstić information content (AvgIpc) is 2.70. The van der Waals surface area contributed by atoms with E-state index in [0.29, 0.717) is 5.75 Å². The normalized spacial score (nSPS) is 15.7. The van der Waals surface area contributed by atoms with Crippen LogP contribution < -0.4 is 15.4 Å². The van der Waals surface area contributed by atoms with Gasteiger partial charge in [-0.3, -0.25) is 14.9 Å². The number of carbonyl (C=O) groups is 3. The lowest BCUT2D eigenvalue weighted by Gasteiger charge is -2.30. The van der Waals surface area contributed by atoms with Gasteiger partial charge in [-0.2, -0.15) is 4.31 Å². The van der Waals surface area contributed by atoms with E-state index in [2.05, 4.69) is 10.6 Å². The number of benzene rings is 1. The molecule has 1 aromatic carbocycles. The zero-order valence-electron chi connectivity index (χ0n) is 18.1. The Hall–Kier alpha value is -2.66. The number of nitrogens with zero attached hydrogens (tertiary/aromatic N) is 1. The minimum Gasteiger partial charge on any atom is -0.497 e. The van der Waals surface area contributed by atoms with Gasteiger partial charge in [0.05, 0.1) is 17.9 Å². The molecule has 1 saturated heterocycles. The fourth-order valence-corrected chi connectivity index (χ4v) is 4.49. The summed E-state index contributed by atoms with van der Waals surface area (Å²) in [6, 6.07) is 5.42. The van der Waals surface area contributed by atoms with Gasteiger partial charge in [-0.15, -0.1) is 0 Å². The SMILES string of the molecule is COc1ccc(S(=O)(=O)N2CCC(C(=O)OCC(=O)NC(=O)NC(C)(C)C)CC2)cc1. The number of sulfonamides is 1. The molecule has 1 aromatic rings. The molecule has 1 aliphatic rings. The van der Waals surface area contributed by atoms with Crippen molar-refractivity contribution in [2.75, 3.05) is 26.8 Å². The molecule has 1 fully saturated rings. The van der Waals surface area contributed by atoms with Crippen molar-refractivity contribution < 1.29 is 32.3 Å². The van der Waals surface area contributed by atoms with Gasteiger partial charge in [0.1, 0.15) is 5.75 Å². The maximum Gasteiger partial charge on any atom is 0.321 e. The van der Waals surface area contributed by atoms with E-state index in [9.17, 15) is 22.8 Å². The Balaban J connectivity index is 1.81. The van der Waals surface area contributed by atoms with Crippen LogP contribution in [0.4, 0.5) is 4.79 Å². The number of nitrogens with one attached hydrogen (secondary N) is 2. The Morgan fingerprint density at radius 3 is 2.19 bits per heavy atom. The van der Waals surface area contributed by atoms with E-state index in [-0.39, 0.29) is 30.8 Å². The van der Waals surface area contributed by atoms with Crippen LogP contribution in [0.15, 0.2) is 29.2 Å². The van der Waals surface area contributed by atoms with Crippen molar-refractivity contribution in [3.8, 4) is 5.75 Å². The van der Waals surface area contributed by atoms with E-state index in [1.807, 2.05) is 0 Å². The highest BCUT2D eigenvalue weighted by Crippen LogP contribution is 2.25. The third-order valence-electron chi connectivity index (χ3n) is 4.57. The molecule has 31 heavy (non-hydrogen) atoms. The van der Waals surface area contributed by atoms with Crippen LogP contribution in [-0.4, -0.2) is 63.0 Å². The van der Waals surface area contributed by atoms with Crippen molar-refractivity contribution in [3.05, 3.63) is 24.3 Å². The number of urea groups is 1. The van der Waals surface area contributed by atoms with Crippen LogP contribution in [0.25, 0.3) is 0 Å². The summed E-state index contributed by atoms with van der Waals surface area (Å²) in [5, 5.41) is 4.64. The largest absolute Gasteiger partial charge is 0.497 e. The van der Waals surface area contributed by atoms with Crippen molar-refractivity contribution >= 4 is 27.9 Å². The first-order valence-electron chi connectivity index (χ1n) is 9.85. The van der Waals surface area contributed by atoms with Gasteiger partial charge in [-0.1, -0.05) is 0 Å². The number of esters is 1. The molecule has 0 unspecified atom stereocenters. The quantitative estimate of drug-likeness (QED) is 0.618. The number of ether oxygens (including phenoxy) is 2. The van der Waals surface area contributed by atoms with Crippen LogP contribution in [0, 0.1) is 5.92 Å². The third-order valence-corrected chi connectivity index (χ3v) is 6.48. The lowest BCUT2D eigenvalue weighted by Crippen LogP contribution is -2.49. The highest BCUT2D eigenvalue weighted by Gasteiger charge is 2.33.